The van der Waals surface area contributed by atoms with Gasteiger partial charge in [0.1, 0.15) is 5.01 Å². The van der Waals surface area contributed by atoms with Crippen LogP contribution < -0.4 is 5.32 Å². The summed E-state index contributed by atoms with van der Waals surface area (Å²) in [5.74, 6) is 0. The van der Waals surface area contributed by atoms with Crippen LogP contribution in [-0.4, -0.2) is 4.98 Å². The highest BCUT2D eigenvalue weighted by Gasteiger charge is 2.12. The van der Waals surface area contributed by atoms with Crippen molar-refractivity contribution in [1.82, 2.24) is 10.3 Å². The van der Waals surface area contributed by atoms with E-state index >= 15 is 0 Å². The number of aryl methyl sites for hydroxylation is 2. The third-order valence-electron chi connectivity index (χ3n) is 2.84. The molecule has 0 aliphatic carbocycles. The lowest BCUT2D eigenvalue weighted by atomic mass is 10.2. The second kappa shape index (κ2) is 5.76. The normalized spacial score (nSPS) is 12.9. The summed E-state index contributed by atoms with van der Waals surface area (Å²) in [5, 5.41) is 6.83. The number of rotatable bonds is 5. The number of aromatic nitrogens is 1. The lowest BCUT2D eigenvalue weighted by Crippen LogP contribution is -2.20. The van der Waals surface area contributed by atoms with Crippen molar-refractivity contribution in [3.05, 3.63) is 38.0 Å². The van der Waals surface area contributed by atoms with Gasteiger partial charge in [-0.05, 0) is 31.9 Å². The highest BCUT2D eigenvalue weighted by molar-refractivity contribution is 7.12. The first kappa shape index (κ1) is 12.7. The molecule has 2 aromatic heterocycles. The summed E-state index contributed by atoms with van der Waals surface area (Å²) in [5.41, 5.74) is 1.42. The second-order valence-electron chi connectivity index (χ2n) is 4.15. The van der Waals surface area contributed by atoms with Gasteiger partial charge in [-0.25, -0.2) is 4.98 Å². The Kier molecular flexibility index (Phi) is 4.31. The predicted molar refractivity (Wildman–Crippen MR) is 75.8 cm³/mol. The van der Waals surface area contributed by atoms with Crippen molar-refractivity contribution in [1.29, 1.82) is 0 Å². The number of hydrogen-bond acceptors (Lipinski definition) is 4. The predicted octanol–water partition coefficient (Wildman–Crippen LogP) is 4.06. The summed E-state index contributed by atoms with van der Waals surface area (Å²) in [7, 11) is 0. The Morgan fingerprint density at radius 1 is 1.41 bits per heavy atom. The molecule has 0 saturated heterocycles. The molecule has 0 aliphatic rings. The minimum Gasteiger partial charge on any atom is -0.304 e. The first-order chi connectivity index (χ1) is 8.20. The zero-order valence-electron chi connectivity index (χ0n) is 10.5. The van der Waals surface area contributed by atoms with E-state index in [9.17, 15) is 0 Å². The number of hydrogen-bond donors (Lipinski definition) is 1. The Bertz CT molecular complexity index is 460. The molecule has 2 rings (SSSR count). The number of nitrogens with one attached hydrogen (secondary N) is 1. The van der Waals surface area contributed by atoms with E-state index < -0.39 is 0 Å². The van der Waals surface area contributed by atoms with E-state index in [2.05, 4.69) is 37.1 Å². The average Bonchev–Trinajstić information content (AvgIpc) is 2.90. The molecule has 0 bridgehead atoms. The first-order valence-electron chi connectivity index (χ1n) is 5.89. The molecule has 4 heteroatoms. The highest BCUT2D eigenvalue weighted by Crippen LogP contribution is 2.23. The van der Waals surface area contributed by atoms with Crippen molar-refractivity contribution in [2.45, 2.75) is 39.8 Å². The van der Waals surface area contributed by atoms with Gasteiger partial charge in [0.15, 0.2) is 0 Å². The van der Waals surface area contributed by atoms with E-state index in [0.29, 0.717) is 6.04 Å². The van der Waals surface area contributed by atoms with Gasteiger partial charge in [0.05, 0.1) is 6.04 Å². The van der Waals surface area contributed by atoms with Gasteiger partial charge in [0, 0.05) is 27.9 Å². The molecule has 0 spiro atoms. The van der Waals surface area contributed by atoms with Crippen LogP contribution in [0.4, 0.5) is 0 Å². The van der Waals surface area contributed by atoms with Gasteiger partial charge < -0.3 is 5.32 Å². The quantitative estimate of drug-likeness (QED) is 0.882. The molecule has 1 atom stereocenters. The molecule has 2 aromatic rings. The molecule has 0 radical (unpaired) electrons. The van der Waals surface area contributed by atoms with Crippen molar-refractivity contribution in [2.24, 2.45) is 0 Å². The topological polar surface area (TPSA) is 24.9 Å². The average molecular weight is 266 g/mol. The minimum atomic E-state index is 0.384. The van der Waals surface area contributed by atoms with Crippen molar-refractivity contribution >= 4 is 22.7 Å². The lowest BCUT2D eigenvalue weighted by molar-refractivity contribution is 0.516. The van der Waals surface area contributed by atoms with Crippen molar-refractivity contribution in [2.75, 3.05) is 0 Å². The fraction of sp³-hybridized carbons (Fsp3) is 0.462. The maximum atomic E-state index is 4.39. The number of thiazole rings is 1. The summed E-state index contributed by atoms with van der Waals surface area (Å²) in [4.78, 5) is 7.20. The third kappa shape index (κ3) is 3.15. The van der Waals surface area contributed by atoms with Crippen molar-refractivity contribution in [3.8, 4) is 0 Å². The van der Waals surface area contributed by atoms with Crippen LogP contribution in [0.25, 0.3) is 0 Å². The van der Waals surface area contributed by atoms with Gasteiger partial charge in [-0.15, -0.1) is 22.7 Å². The first-order valence-corrected chi connectivity index (χ1v) is 7.59. The fourth-order valence-corrected chi connectivity index (χ4v) is 3.65. The van der Waals surface area contributed by atoms with Crippen LogP contribution in [0.15, 0.2) is 17.6 Å². The van der Waals surface area contributed by atoms with E-state index in [4.69, 9.17) is 0 Å². The van der Waals surface area contributed by atoms with Gasteiger partial charge in [-0.1, -0.05) is 6.92 Å². The largest absolute Gasteiger partial charge is 0.304 e. The summed E-state index contributed by atoms with van der Waals surface area (Å²) in [6.45, 7) is 7.50. The Balaban J connectivity index is 1.99. The van der Waals surface area contributed by atoms with Crippen LogP contribution in [0.3, 0.4) is 0 Å². The number of nitrogens with zero attached hydrogens (tertiary/aromatic N) is 1. The maximum Gasteiger partial charge on any atom is 0.109 e. The summed E-state index contributed by atoms with van der Waals surface area (Å²) in [6.07, 6.45) is 2.96. The monoisotopic (exact) mass is 266 g/mol. The van der Waals surface area contributed by atoms with E-state index in [-0.39, 0.29) is 0 Å². The van der Waals surface area contributed by atoms with Gasteiger partial charge in [0.2, 0.25) is 0 Å². The van der Waals surface area contributed by atoms with E-state index in [1.54, 1.807) is 11.3 Å². The van der Waals surface area contributed by atoms with Crippen LogP contribution in [-0.2, 0) is 6.54 Å². The Morgan fingerprint density at radius 2 is 2.24 bits per heavy atom. The smallest absolute Gasteiger partial charge is 0.109 e. The van der Waals surface area contributed by atoms with Crippen LogP contribution >= 0.6 is 22.7 Å². The van der Waals surface area contributed by atoms with Crippen LogP contribution in [0.2, 0.25) is 0 Å². The summed E-state index contributed by atoms with van der Waals surface area (Å²) >= 11 is 3.60. The van der Waals surface area contributed by atoms with Gasteiger partial charge >= 0.3 is 0 Å². The molecule has 0 fully saturated rings. The lowest BCUT2D eigenvalue weighted by Gasteiger charge is -2.14. The second-order valence-corrected chi connectivity index (χ2v) is 6.54. The van der Waals surface area contributed by atoms with Crippen molar-refractivity contribution < 1.29 is 0 Å². The molecule has 2 heterocycles. The molecule has 92 valence electrons. The fourth-order valence-electron chi connectivity index (χ4n) is 1.90. The maximum absolute atomic E-state index is 4.39. The van der Waals surface area contributed by atoms with Gasteiger partial charge in [-0.2, -0.15) is 0 Å². The molecule has 0 amide bonds. The molecule has 1 unspecified atom stereocenters. The molecule has 1 N–H and O–H groups in total. The number of thiophene rings is 1. The molecule has 17 heavy (non-hydrogen) atoms. The molecular weight excluding hydrogens is 248 g/mol. The third-order valence-corrected chi connectivity index (χ3v) is 4.74. The highest BCUT2D eigenvalue weighted by atomic mass is 32.1. The Labute approximate surface area is 111 Å². The molecular formula is C13H18N2S2. The van der Waals surface area contributed by atoms with Crippen molar-refractivity contribution in [3.63, 3.8) is 0 Å². The van der Waals surface area contributed by atoms with Gasteiger partial charge in [-0.3, -0.25) is 0 Å². The zero-order valence-corrected chi connectivity index (χ0v) is 12.1. The molecule has 0 aromatic carbocycles. The van der Waals surface area contributed by atoms with Gasteiger partial charge in [0.25, 0.3) is 0 Å². The Hall–Kier alpha value is -0.710. The molecule has 0 aliphatic heterocycles. The van der Waals surface area contributed by atoms with Crippen LogP contribution in [0.5, 0.6) is 0 Å². The van der Waals surface area contributed by atoms with E-state index in [0.717, 1.165) is 13.0 Å². The SMILES string of the molecule is CCC(NCc1cc(C)sc1C)c1nccs1. The van der Waals surface area contributed by atoms with Crippen LogP contribution in [0, 0.1) is 13.8 Å². The van der Waals surface area contributed by atoms with E-state index in [1.807, 2.05) is 22.9 Å². The van der Waals surface area contributed by atoms with Crippen LogP contribution in [0.1, 0.15) is 39.7 Å². The summed E-state index contributed by atoms with van der Waals surface area (Å²) < 4.78 is 0. The standard InChI is InChI=1S/C13H18N2S2/c1-4-12(13-14-5-6-16-13)15-8-11-7-9(2)17-10(11)3/h5-7,12,15H,4,8H2,1-3H3. The molecule has 2 nitrogen and oxygen atoms in total. The minimum absolute atomic E-state index is 0.384. The Morgan fingerprint density at radius 3 is 2.76 bits per heavy atom. The summed E-state index contributed by atoms with van der Waals surface area (Å²) in [6, 6.07) is 2.66. The molecule has 0 saturated carbocycles. The zero-order chi connectivity index (χ0) is 12.3. The van der Waals surface area contributed by atoms with E-state index in [1.165, 1.54) is 20.3 Å².